The molecule has 0 heterocycles. The zero-order valence-electron chi connectivity index (χ0n) is 18.0. The molecule has 2 bridgehead atoms. The second-order valence-corrected chi connectivity index (χ2v) is 10.2. The molecule has 0 aliphatic heterocycles. The maximum atomic E-state index is 13.2. The van der Waals surface area contributed by atoms with Crippen molar-refractivity contribution in [1.82, 2.24) is 10.6 Å². The Bertz CT molecular complexity index is 738. The first-order valence-corrected chi connectivity index (χ1v) is 10.3. The van der Waals surface area contributed by atoms with Crippen LogP contribution in [-0.2, 0) is 9.53 Å². The maximum Gasteiger partial charge on any atom is 0.408 e. The van der Waals surface area contributed by atoms with Crippen LogP contribution in [0.3, 0.4) is 0 Å². The van der Waals surface area contributed by atoms with E-state index >= 15 is 0 Å². The van der Waals surface area contributed by atoms with Crippen molar-refractivity contribution in [3.8, 4) is 0 Å². The van der Waals surface area contributed by atoms with Gasteiger partial charge in [0, 0.05) is 6.04 Å². The summed E-state index contributed by atoms with van der Waals surface area (Å²) in [6, 6.07) is 8.69. The van der Waals surface area contributed by atoms with Gasteiger partial charge in [0.15, 0.2) is 0 Å². The Morgan fingerprint density at radius 2 is 1.79 bits per heavy atom. The number of ether oxygens (including phenoxy) is 1. The molecule has 28 heavy (non-hydrogen) atoms. The van der Waals surface area contributed by atoms with Crippen LogP contribution in [0.1, 0.15) is 72.4 Å². The summed E-state index contributed by atoms with van der Waals surface area (Å²) < 4.78 is 5.38. The molecule has 0 unspecified atom stereocenters. The quantitative estimate of drug-likeness (QED) is 0.796. The third-order valence-corrected chi connectivity index (χ3v) is 7.17. The van der Waals surface area contributed by atoms with Gasteiger partial charge in [-0.25, -0.2) is 4.79 Å². The van der Waals surface area contributed by atoms with Gasteiger partial charge in [0.05, 0.1) is 0 Å². The Morgan fingerprint density at radius 3 is 2.29 bits per heavy atom. The van der Waals surface area contributed by atoms with Gasteiger partial charge in [-0.2, -0.15) is 0 Å². The molecule has 154 valence electrons. The minimum Gasteiger partial charge on any atom is -0.444 e. The Morgan fingerprint density at radius 1 is 1.14 bits per heavy atom. The Labute approximate surface area is 168 Å². The van der Waals surface area contributed by atoms with Crippen LogP contribution in [0, 0.1) is 16.7 Å². The highest BCUT2D eigenvalue weighted by Crippen LogP contribution is 2.65. The first kappa shape index (κ1) is 20.7. The number of carbonyl (C=O) groups is 2. The molecular formula is C23H34N2O3. The van der Waals surface area contributed by atoms with E-state index in [1.807, 2.05) is 51.1 Å². The zero-order valence-corrected chi connectivity index (χ0v) is 18.0. The molecule has 0 spiro atoms. The standard InChI is InChI=1S/C23H34N2O3/c1-21(2,3)28-20(27)25-18(15-10-8-7-9-11-15)19(26)24-17-14-16-12-13-23(17,6)22(16,4)5/h7-11,16-18H,12-14H2,1-6H3,(H,24,26)(H,25,27)/t16-,17+,18-,23+/m1/s1. The summed E-state index contributed by atoms with van der Waals surface area (Å²) in [6.45, 7) is 12.4. The lowest BCUT2D eigenvalue weighted by Crippen LogP contribution is -2.51. The van der Waals surface area contributed by atoms with Gasteiger partial charge in [-0.05, 0) is 62.3 Å². The number of hydrogen-bond acceptors (Lipinski definition) is 3. The average molecular weight is 387 g/mol. The lowest BCUT2D eigenvalue weighted by Gasteiger charge is -2.40. The lowest BCUT2D eigenvalue weighted by molar-refractivity contribution is -0.125. The van der Waals surface area contributed by atoms with E-state index in [2.05, 4.69) is 31.4 Å². The number of benzene rings is 1. The predicted molar refractivity (Wildman–Crippen MR) is 110 cm³/mol. The normalized spacial score (nSPS) is 29.2. The van der Waals surface area contributed by atoms with Gasteiger partial charge in [0.2, 0.25) is 5.91 Å². The van der Waals surface area contributed by atoms with Crippen LogP contribution >= 0.6 is 0 Å². The van der Waals surface area contributed by atoms with Gasteiger partial charge < -0.3 is 15.4 Å². The van der Waals surface area contributed by atoms with E-state index < -0.39 is 17.7 Å². The molecule has 0 radical (unpaired) electrons. The summed E-state index contributed by atoms with van der Waals surface area (Å²) in [5, 5.41) is 6.03. The van der Waals surface area contributed by atoms with Gasteiger partial charge >= 0.3 is 6.09 Å². The minimum absolute atomic E-state index is 0.0838. The van der Waals surface area contributed by atoms with Gasteiger partial charge in [-0.1, -0.05) is 51.1 Å². The molecule has 2 saturated carbocycles. The average Bonchev–Trinajstić information content (AvgIpc) is 2.92. The van der Waals surface area contributed by atoms with E-state index in [-0.39, 0.29) is 22.8 Å². The molecule has 0 saturated heterocycles. The van der Waals surface area contributed by atoms with Gasteiger partial charge in [0.1, 0.15) is 11.6 Å². The molecule has 2 N–H and O–H groups in total. The van der Waals surface area contributed by atoms with E-state index in [0.29, 0.717) is 5.92 Å². The highest BCUT2D eigenvalue weighted by Gasteiger charge is 2.61. The van der Waals surface area contributed by atoms with Gasteiger partial charge in [0.25, 0.3) is 0 Å². The number of carbonyl (C=O) groups excluding carboxylic acids is 2. The zero-order chi connectivity index (χ0) is 20.7. The molecule has 2 aliphatic rings. The summed E-state index contributed by atoms with van der Waals surface area (Å²) in [4.78, 5) is 25.6. The summed E-state index contributed by atoms with van der Waals surface area (Å²) in [5.74, 6) is 0.462. The van der Waals surface area contributed by atoms with E-state index in [1.165, 1.54) is 6.42 Å². The van der Waals surface area contributed by atoms with Crippen molar-refractivity contribution in [2.24, 2.45) is 16.7 Å². The fourth-order valence-electron chi connectivity index (χ4n) is 5.05. The third-order valence-electron chi connectivity index (χ3n) is 7.17. The van der Waals surface area contributed by atoms with Crippen molar-refractivity contribution >= 4 is 12.0 Å². The highest BCUT2D eigenvalue weighted by atomic mass is 16.6. The molecule has 5 heteroatoms. The number of rotatable bonds is 4. The van der Waals surface area contributed by atoms with Crippen LogP contribution in [-0.4, -0.2) is 23.6 Å². The number of fused-ring (bicyclic) bond motifs is 2. The first-order chi connectivity index (χ1) is 12.9. The molecule has 4 atom stereocenters. The van der Waals surface area contributed by atoms with Crippen LogP contribution in [0.2, 0.25) is 0 Å². The maximum absolute atomic E-state index is 13.2. The number of amides is 2. The summed E-state index contributed by atoms with van der Waals surface area (Å²) in [7, 11) is 0. The van der Waals surface area contributed by atoms with Crippen LogP contribution in [0.25, 0.3) is 0 Å². The minimum atomic E-state index is -0.776. The Balaban J connectivity index is 1.77. The van der Waals surface area contributed by atoms with Crippen molar-refractivity contribution < 1.29 is 14.3 Å². The van der Waals surface area contributed by atoms with Crippen LogP contribution in [0.15, 0.2) is 30.3 Å². The number of hydrogen-bond donors (Lipinski definition) is 2. The van der Waals surface area contributed by atoms with E-state index in [0.717, 1.165) is 18.4 Å². The first-order valence-electron chi connectivity index (χ1n) is 10.3. The van der Waals surface area contributed by atoms with Crippen LogP contribution in [0.4, 0.5) is 4.79 Å². The molecule has 5 nitrogen and oxygen atoms in total. The smallest absolute Gasteiger partial charge is 0.408 e. The Hall–Kier alpha value is -2.04. The second-order valence-electron chi connectivity index (χ2n) is 10.2. The van der Waals surface area contributed by atoms with Crippen molar-refractivity contribution in [2.75, 3.05) is 0 Å². The molecule has 3 rings (SSSR count). The van der Waals surface area contributed by atoms with Crippen LogP contribution < -0.4 is 10.6 Å². The monoisotopic (exact) mass is 386 g/mol. The molecule has 1 aromatic rings. The second kappa shape index (κ2) is 7.09. The van der Waals surface area contributed by atoms with Gasteiger partial charge in [-0.3, -0.25) is 4.79 Å². The fourth-order valence-corrected chi connectivity index (χ4v) is 5.05. The number of alkyl carbamates (subject to hydrolysis) is 1. The lowest BCUT2D eigenvalue weighted by atomic mass is 9.69. The number of nitrogens with one attached hydrogen (secondary N) is 2. The van der Waals surface area contributed by atoms with Crippen molar-refractivity contribution in [1.29, 1.82) is 0 Å². The topological polar surface area (TPSA) is 67.4 Å². The summed E-state index contributed by atoms with van der Waals surface area (Å²) in [6.07, 6.45) is 2.78. The van der Waals surface area contributed by atoms with Crippen molar-refractivity contribution in [2.45, 2.75) is 78.5 Å². The molecule has 0 aromatic heterocycles. The third kappa shape index (κ3) is 3.76. The SMILES string of the molecule is CC(C)(C)OC(=O)N[C@@H](C(=O)N[C@H]1C[C@H]2CC[C@]1(C)C2(C)C)c1ccccc1. The van der Waals surface area contributed by atoms with E-state index in [1.54, 1.807) is 0 Å². The van der Waals surface area contributed by atoms with E-state index in [9.17, 15) is 9.59 Å². The fraction of sp³-hybridized carbons (Fsp3) is 0.652. The predicted octanol–water partition coefficient (Wildman–Crippen LogP) is 4.58. The molecule has 2 amide bonds. The molecular weight excluding hydrogens is 352 g/mol. The van der Waals surface area contributed by atoms with Crippen molar-refractivity contribution in [3.63, 3.8) is 0 Å². The van der Waals surface area contributed by atoms with Gasteiger partial charge in [-0.15, -0.1) is 0 Å². The van der Waals surface area contributed by atoms with Crippen molar-refractivity contribution in [3.05, 3.63) is 35.9 Å². The Kier molecular flexibility index (Phi) is 5.24. The largest absolute Gasteiger partial charge is 0.444 e. The summed E-state index contributed by atoms with van der Waals surface area (Å²) >= 11 is 0. The highest BCUT2D eigenvalue weighted by molar-refractivity contribution is 5.87. The molecule has 2 fully saturated rings. The van der Waals surface area contributed by atoms with Crippen LogP contribution in [0.5, 0.6) is 0 Å². The molecule has 1 aromatic carbocycles. The van der Waals surface area contributed by atoms with E-state index in [4.69, 9.17) is 4.74 Å². The summed E-state index contributed by atoms with van der Waals surface area (Å²) in [5.41, 5.74) is 0.425. The molecule has 2 aliphatic carbocycles.